The smallest absolute Gasteiger partial charge is 0.340 e. The highest BCUT2D eigenvalue weighted by Gasteiger charge is 2.32. The third-order valence-electron chi connectivity index (χ3n) is 3.11. The monoisotopic (exact) mass is 284 g/mol. The van der Waals surface area contributed by atoms with Gasteiger partial charge in [-0.15, -0.1) is 0 Å². The summed E-state index contributed by atoms with van der Waals surface area (Å²) in [5.41, 5.74) is -0.573. The Hall–Kier alpha value is -1.56. The van der Waals surface area contributed by atoms with Crippen LogP contribution in [0.15, 0.2) is 43.0 Å². The topological polar surface area (TPSA) is 17.8 Å². The quantitative estimate of drug-likeness (QED) is 0.792. The van der Waals surface area contributed by atoms with Crippen molar-refractivity contribution in [3.63, 3.8) is 0 Å². The van der Waals surface area contributed by atoms with E-state index in [2.05, 4.69) is 18.1 Å². The maximum Gasteiger partial charge on any atom is 0.416 e. The lowest BCUT2D eigenvalue weighted by molar-refractivity contribution is -0.137. The highest BCUT2D eigenvalue weighted by atomic mass is 28.3. The van der Waals surface area contributed by atoms with Crippen molar-refractivity contribution >= 4 is 13.3 Å². The number of alkyl halides is 3. The van der Waals surface area contributed by atoms with Crippen molar-refractivity contribution < 1.29 is 13.2 Å². The van der Waals surface area contributed by atoms with Crippen LogP contribution in [-0.2, 0) is 12.3 Å². The first-order valence-electron chi connectivity index (χ1n) is 5.92. The van der Waals surface area contributed by atoms with E-state index in [0.717, 1.165) is 11.3 Å². The molecule has 1 aromatic carbocycles. The number of hydrogen-bond acceptors (Lipinski definition) is 1. The largest absolute Gasteiger partial charge is 0.416 e. The number of benzene rings is 1. The summed E-state index contributed by atoms with van der Waals surface area (Å²) < 4.78 is 40.1. The van der Waals surface area contributed by atoms with E-state index in [1.54, 1.807) is 18.6 Å². The molecule has 0 atom stereocenters. The molecule has 0 aliphatic rings. The lowest BCUT2D eigenvalue weighted by Gasteiger charge is -2.24. The molecule has 0 aliphatic heterocycles. The zero-order valence-electron chi connectivity index (χ0n) is 10.8. The summed E-state index contributed by atoms with van der Waals surface area (Å²) in [5, 5.41) is 0.802. The molecule has 0 fully saturated rings. The van der Waals surface area contributed by atoms with Gasteiger partial charge >= 0.3 is 6.18 Å². The zero-order valence-corrected chi connectivity index (χ0v) is 11.8. The van der Waals surface area contributed by atoms with Crippen LogP contribution < -0.4 is 5.19 Å². The molecule has 2 aromatic rings. The lowest BCUT2D eigenvalue weighted by Crippen LogP contribution is -2.46. The summed E-state index contributed by atoms with van der Waals surface area (Å²) in [5.74, 6) is 0. The molecule has 0 N–H and O–H groups in total. The van der Waals surface area contributed by atoms with Gasteiger partial charge in [-0.25, -0.2) is 4.98 Å². The molecular weight excluding hydrogens is 269 g/mol. The second kappa shape index (κ2) is 4.84. The Bertz CT molecular complexity index is 547. The molecule has 19 heavy (non-hydrogen) atoms. The zero-order chi connectivity index (χ0) is 14.1. The molecule has 0 saturated heterocycles. The van der Waals surface area contributed by atoms with E-state index in [9.17, 15) is 13.2 Å². The molecule has 102 valence electrons. The number of aromatic nitrogens is 2. The van der Waals surface area contributed by atoms with E-state index < -0.39 is 19.8 Å². The number of nitrogens with zero attached hydrogens (tertiary/aromatic N) is 2. The van der Waals surface area contributed by atoms with E-state index in [1.165, 1.54) is 12.1 Å². The van der Waals surface area contributed by atoms with E-state index in [0.29, 0.717) is 6.17 Å². The molecule has 2 rings (SSSR count). The fourth-order valence-corrected chi connectivity index (χ4v) is 4.42. The molecule has 1 heterocycles. The lowest BCUT2D eigenvalue weighted by atomic mass is 10.2. The van der Waals surface area contributed by atoms with Gasteiger partial charge in [0.2, 0.25) is 0 Å². The predicted octanol–water partition coefficient (Wildman–Crippen LogP) is 3.06. The second-order valence-corrected chi connectivity index (χ2v) is 9.86. The molecule has 0 saturated carbocycles. The first-order chi connectivity index (χ1) is 8.79. The van der Waals surface area contributed by atoms with Crippen LogP contribution in [0.1, 0.15) is 5.56 Å². The van der Waals surface area contributed by atoms with Crippen molar-refractivity contribution in [2.75, 3.05) is 0 Å². The molecule has 1 aromatic heterocycles. The van der Waals surface area contributed by atoms with Crippen LogP contribution in [0.5, 0.6) is 0 Å². The van der Waals surface area contributed by atoms with E-state index in [1.807, 2.05) is 10.8 Å². The minimum Gasteiger partial charge on any atom is -0.340 e. The summed E-state index contributed by atoms with van der Waals surface area (Å²) in [7, 11) is -1.97. The Labute approximate surface area is 110 Å². The van der Waals surface area contributed by atoms with Crippen LogP contribution in [0.2, 0.25) is 13.1 Å². The van der Waals surface area contributed by atoms with Crippen LogP contribution in [-0.4, -0.2) is 17.6 Å². The van der Waals surface area contributed by atoms with Gasteiger partial charge in [0.15, 0.2) is 0 Å². The van der Waals surface area contributed by atoms with Gasteiger partial charge in [0.1, 0.15) is 8.07 Å². The third-order valence-corrected chi connectivity index (χ3v) is 6.14. The van der Waals surface area contributed by atoms with Gasteiger partial charge in [-0.1, -0.05) is 42.5 Å². The summed E-state index contributed by atoms with van der Waals surface area (Å²) >= 11 is 0. The summed E-state index contributed by atoms with van der Waals surface area (Å²) in [4.78, 5) is 3.96. The van der Waals surface area contributed by atoms with Gasteiger partial charge < -0.3 is 4.57 Å². The molecule has 2 nitrogen and oxygen atoms in total. The summed E-state index contributed by atoms with van der Waals surface area (Å²) in [6, 6.07) is 5.67. The molecule has 0 aliphatic carbocycles. The SMILES string of the molecule is C[Si](C)(Cn1ccnc1)c1cccc(C(F)(F)F)c1. The minimum absolute atomic E-state index is 0.573. The number of imidazole rings is 1. The van der Waals surface area contributed by atoms with Crippen LogP contribution in [0, 0.1) is 0 Å². The molecule has 0 unspecified atom stereocenters. The van der Waals surface area contributed by atoms with Crippen LogP contribution in [0.3, 0.4) is 0 Å². The summed E-state index contributed by atoms with van der Waals surface area (Å²) in [6.07, 6.45) is 1.64. The molecule has 6 heteroatoms. The highest BCUT2D eigenvalue weighted by molar-refractivity contribution is 6.88. The van der Waals surface area contributed by atoms with Crippen LogP contribution in [0.25, 0.3) is 0 Å². The van der Waals surface area contributed by atoms with Crippen molar-refractivity contribution in [1.82, 2.24) is 9.55 Å². The van der Waals surface area contributed by atoms with Crippen molar-refractivity contribution in [3.05, 3.63) is 48.5 Å². The molecule has 0 amide bonds. The third kappa shape index (κ3) is 3.26. The maximum atomic E-state index is 12.7. The van der Waals surface area contributed by atoms with Crippen molar-refractivity contribution in [2.45, 2.75) is 25.4 Å². The van der Waals surface area contributed by atoms with Crippen LogP contribution >= 0.6 is 0 Å². The van der Waals surface area contributed by atoms with Gasteiger partial charge in [0.05, 0.1) is 11.9 Å². The number of halogens is 3. The number of hydrogen-bond donors (Lipinski definition) is 0. The molecule has 0 bridgehead atoms. The van der Waals surface area contributed by atoms with E-state index in [-0.39, 0.29) is 0 Å². The minimum atomic E-state index is -4.28. The number of rotatable bonds is 3. The van der Waals surface area contributed by atoms with E-state index in [4.69, 9.17) is 0 Å². The normalized spacial score (nSPS) is 12.7. The standard InChI is InChI=1S/C13H15F3N2Si/c1-19(2,10-18-7-6-17-9-18)12-5-3-4-11(8-12)13(14,15)16/h3-9H,10H2,1-2H3. The van der Waals surface area contributed by atoms with Crippen molar-refractivity contribution in [2.24, 2.45) is 0 Å². The Morgan fingerprint density at radius 1 is 1.26 bits per heavy atom. The van der Waals surface area contributed by atoms with E-state index >= 15 is 0 Å². The Balaban J connectivity index is 2.30. The first kappa shape index (κ1) is 13.9. The fraction of sp³-hybridized carbons (Fsp3) is 0.308. The molecule has 0 spiro atoms. The molecular formula is C13H15F3N2Si. The van der Waals surface area contributed by atoms with Crippen LogP contribution in [0.4, 0.5) is 13.2 Å². The highest BCUT2D eigenvalue weighted by Crippen LogP contribution is 2.28. The van der Waals surface area contributed by atoms with Gasteiger partial charge in [-0.05, 0) is 0 Å². The van der Waals surface area contributed by atoms with Gasteiger partial charge in [-0.3, -0.25) is 0 Å². The van der Waals surface area contributed by atoms with Gasteiger partial charge in [-0.2, -0.15) is 13.2 Å². The summed E-state index contributed by atoms with van der Waals surface area (Å²) in [6.45, 7) is 4.12. The first-order valence-corrected chi connectivity index (χ1v) is 9.13. The predicted molar refractivity (Wildman–Crippen MR) is 70.8 cm³/mol. The van der Waals surface area contributed by atoms with Crippen molar-refractivity contribution in [1.29, 1.82) is 0 Å². The Kier molecular flexibility index (Phi) is 3.53. The average Bonchev–Trinajstić information content (AvgIpc) is 2.80. The van der Waals surface area contributed by atoms with Crippen molar-refractivity contribution in [3.8, 4) is 0 Å². The fourth-order valence-electron chi connectivity index (χ4n) is 2.04. The maximum absolute atomic E-state index is 12.7. The van der Waals surface area contributed by atoms with Gasteiger partial charge in [0.25, 0.3) is 0 Å². The Morgan fingerprint density at radius 3 is 2.58 bits per heavy atom. The van der Waals surface area contributed by atoms with Gasteiger partial charge in [0, 0.05) is 18.6 Å². The second-order valence-electron chi connectivity index (χ2n) is 5.20. The average molecular weight is 284 g/mol. The molecule has 0 radical (unpaired) electrons. The Morgan fingerprint density at radius 2 is 2.00 bits per heavy atom.